The number of hydrogen-bond donors (Lipinski definition) is 0. The lowest BCUT2D eigenvalue weighted by Crippen LogP contribution is -2.44. The number of ether oxygens (including phenoxy) is 1. The van der Waals surface area contributed by atoms with Gasteiger partial charge in [0.25, 0.3) is 0 Å². The fourth-order valence-corrected chi connectivity index (χ4v) is 4.24. The third-order valence-corrected chi connectivity index (χ3v) is 5.71. The summed E-state index contributed by atoms with van der Waals surface area (Å²) < 4.78 is 5.40. The molecule has 0 radical (unpaired) electrons. The molecular formula is C17H26N2O2S. The highest BCUT2D eigenvalue weighted by molar-refractivity contribution is 7.12. The fraction of sp³-hybridized carbons (Fsp3) is 0.706. The predicted molar refractivity (Wildman–Crippen MR) is 89.3 cm³/mol. The molecule has 2 aliphatic heterocycles. The molecule has 22 heavy (non-hydrogen) atoms. The first kappa shape index (κ1) is 16.0. The van der Waals surface area contributed by atoms with Gasteiger partial charge in [0.2, 0.25) is 5.91 Å². The molecular weight excluding hydrogens is 296 g/mol. The summed E-state index contributed by atoms with van der Waals surface area (Å²) in [5.41, 5.74) is 0. The molecule has 3 rings (SSSR count). The number of nitrogens with zero attached hydrogens (tertiary/aromatic N) is 2. The maximum atomic E-state index is 12.4. The number of aryl methyl sites for hydroxylation is 1. The average molecular weight is 322 g/mol. The van der Waals surface area contributed by atoms with Crippen molar-refractivity contribution in [2.75, 3.05) is 45.9 Å². The molecule has 2 aliphatic rings. The monoisotopic (exact) mass is 322 g/mol. The number of rotatable bonds is 4. The van der Waals surface area contributed by atoms with Crippen LogP contribution in [0.1, 0.15) is 22.6 Å². The molecule has 4 nitrogen and oxygen atoms in total. The van der Waals surface area contributed by atoms with Crippen molar-refractivity contribution < 1.29 is 9.53 Å². The predicted octanol–water partition coefficient (Wildman–Crippen LogP) is 2.17. The molecule has 2 saturated heterocycles. The van der Waals surface area contributed by atoms with Crippen molar-refractivity contribution >= 4 is 17.2 Å². The van der Waals surface area contributed by atoms with E-state index in [0.717, 1.165) is 58.2 Å². The van der Waals surface area contributed by atoms with E-state index in [1.54, 1.807) is 11.3 Å². The lowest BCUT2D eigenvalue weighted by molar-refractivity contribution is -0.131. The summed E-state index contributed by atoms with van der Waals surface area (Å²) in [5, 5.41) is 0. The number of likely N-dealkylation sites (tertiary alicyclic amines) is 1. The first-order chi connectivity index (χ1) is 10.7. The average Bonchev–Trinajstić information content (AvgIpc) is 2.94. The summed E-state index contributed by atoms with van der Waals surface area (Å²) in [6, 6.07) is 4.19. The van der Waals surface area contributed by atoms with Crippen LogP contribution in [0.15, 0.2) is 12.1 Å². The minimum absolute atomic E-state index is 0.298. The van der Waals surface area contributed by atoms with Gasteiger partial charge in [-0.15, -0.1) is 11.3 Å². The van der Waals surface area contributed by atoms with Gasteiger partial charge in [-0.2, -0.15) is 0 Å². The van der Waals surface area contributed by atoms with E-state index in [0.29, 0.717) is 12.3 Å². The number of morpholine rings is 1. The van der Waals surface area contributed by atoms with Crippen LogP contribution in [0.3, 0.4) is 0 Å². The van der Waals surface area contributed by atoms with Crippen LogP contribution in [0.4, 0.5) is 0 Å². The molecule has 1 aromatic heterocycles. The summed E-state index contributed by atoms with van der Waals surface area (Å²) in [6.07, 6.45) is 2.87. The Morgan fingerprint density at radius 3 is 2.59 bits per heavy atom. The second kappa shape index (κ2) is 7.57. The van der Waals surface area contributed by atoms with Crippen molar-refractivity contribution in [3.8, 4) is 0 Å². The molecule has 2 fully saturated rings. The molecule has 0 bridgehead atoms. The van der Waals surface area contributed by atoms with E-state index in [1.165, 1.54) is 16.3 Å². The number of carbonyl (C=O) groups excluding carboxylic acids is 1. The highest BCUT2D eigenvalue weighted by atomic mass is 32.1. The fourth-order valence-electron chi connectivity index (χ4n) is 3.35. The minimum atomic E-state index is 0.298. The van der Waals surface area contributed by atoms with Gasteiger partial charge in [0.15, 0.2) is 0 Å². The summed E-state index contributed by atoms with van der Waals surface area (Å²) in [5.74, 6) is 1.04. The Bertz CT molecular complexity index is 489. The van der Waals surface area contributed by atoms with Crippen molar-refractivity contribution in [3.05, 3.63) is 21.9 Å². The molecule has 1 amide bonds. The van der Waals surface area contributed by atoms with Gasteiger partial charge < -0.3 is 9.64 Å². The largest absolute Gasteiger partial charge is 0.379 e. The lowest BCUT2D eigenvalue weighted by Gasteiger charge is -2.36. The highest BCUT2D eigenvalue weighted by Gasteiger charge is 2.25. The normalized spacial score (nSPS) is 21.2. The van der Waals surface area contributed by atoms with Crippen molar-refractivity contribution in [2.24, 2.45) is 5.92 Å². The van der Waals surface area contributed by atoms with Crippen LogP contribution in [-0.4, -0.2) is 61.6 Å². The van der Waals surface area contributed by atoms with Gasteiger partial charge in [0, 0.05) is 42.5 Å². The van der Waals surface area contributed by atoms with Crippen LogP contribution in [0, 0.1) is 12.8 Å². The number of hydrogen-bond acceptors (Lipinski definition) is 4. The Balaban J connectivity index is 1.41. The Morgan fingerprint density at radius 1 is 1.23 bits per heavy atom. The van der Waals surface area contributed by atoms with Crippen LogP contribution < -0.4 is 0 Å². The third-order valence-electron chi connectivity index (χ3n) is 4.71. The standard InChI is InChI=1S/C17H26N2O2S/c1-14-2-3-16(22-14)12-17(20)19-6-4-15(5-7-19)13-18-8-10-21-11-9-18/h2-3,15H,4-13H2,1H3. The van der Waals surface area contributed by atoms with Crippen LogP contribution in [0.25, 0.3) is 0 Å². The zero-order chi connectivity index (χ0) is 15.4. The zero-order valence-electron chi connectivity index (χ0n) is 13.4. The SMILES string of the molecule is Cc1ccc(CC(=O)N2CCC(CN3CCOCC3)CC2)s1. The Hall–Kier alpha value is -0.910. The van der Waals surface area contributed by atoms with E-state index in [4.69, 9.17) is 4.74 Å². The maximum Gasteiger partial charge on any atom is 0.227 e. The van der Waals surface area contributed by atoms with Crippen molar-refractivity contribution in [1.29, 1.82) is 0 Å². The summed E-state index contributed by atoms with van der Waals surface area (Å²) in [6.45, 7) is 9.00. The number of thiophene rings is 1. The molecule has 0 atom stereocenters. The topological polar surface area (TPSA) is 32.8 Å². The first-order valence-electron chi connectivity index (χ1n) is 8.34. The van der Waals surface area contributed by atoms with Gasteiger partial charge in [-0.05, 0) is 37.8 Å². The lowest BCUT2D eigenvalue weighted by atomic mass is 9.95. The van der Waals surface area contributed by atoms with Crippen molar-refractivity contribution in [1.82, 2.24) is 9.80 Å². The van der Waals surface area contributed by atoms with Crippen molar-refractivity contribution in [3.63, 3.8) is 0 Å². The molecule has 0 spiro atoms. The van der Waals surface area contributed by atoms with E-state index in [9.17, 15) is 4.79 Å². The molecule has 0 unspecified atom stereocenters. The first-order valence-corrected chi connectivity index (χ1v) is 9.15. The smallest absolute Gasteiger partial charge is 0.227 e. The quantitative estimate of drug-likeness (QED) is 0.852. The molecule has 0 N–H and O–H groups in total. The van der Waals surface area contributed by atoms with E-state index in [1.807, 2.05) is 0 Å². The van der Waals surface area contributed by atoms with Gasteiger partial charge in [0.05, 0.1) is 19.6 Å². The number of piperidine rings is 1. The Morgan fingerprint density at radius 2 is 1.95 bits per heavy atom. The highest BCUT2D eigenvalue weighted by Crippen LogP contribution is 2.21. The van der Waals surface area contributed by atoms with E-state index >= 15 is 0 Å². The van der Waals surface area contributed by atoms with Gasteiger partial charge >= 0.3 is 0 Å². The van der Waals surface area contributed by atoms with E-state index in [-0.39, 0.29) is 0 Å². The van der Waals surface area contributed by atoms with Crippen LogP contribution in [-0.2, 0) is 16.0 Å². The molecule has 122 valence electrons. The maximum absolute atomic E-state index is 12.4. The van der Waals surface area contributed by atoms with Crippen LogP contribution in [0.5, 0.6) is 0 Å². The van der Waals surface area contributed by atoms with E-state index in [2.05, 4.69) is 28.9 Å². The summed E-state index contributed by atoms with van der Waals surface area (Å²) in [4.78, 5) is 19.4. The van der Waals surface area contributed by atoms with Crippen molar-refractivity contribution in [2.45, 2.75) is 26.2 Å². The number of carbonyl (C=O) groups is 1. The summed E-state index contributed by atoms with van der Waals surface area (Å²) >= 11 is 1.74. The molecule has 0 saturated carbocycles. The molecule has 0 aliphatic carbocycles. The second-order valence-electron chi connectivity index (χ2n) is 6.43. The molecule has 5 heteroatoms. The Kier molecular flexibility index (Phi) is 5.50. The number of amides is 1. The molecule has 0 aromatic carbocycles. The van der Waals surface area contributed by atoms with E-state index < -0.39 is 0 Å². The van der Waals surface area contributed by atoms with Crippen LogP contribution in [0.2, 0.25) is 0 Å². The molecule has 3 heterocycles. The van der Waals surface area contributed by atoms with Gasteiger partial charge in [0.1, 0.15) is 0 Å². The zero-order valence-corrected chi connectivity index (χ0v) is 14.2. The minimum Gasteiger partial charge on any atom is -0.379 e. The molecule has 1 aromatic rings. The summed E-state index contributed by atoms with van der Waals surface area (Å²) in [7, 11) is 0. The van der Waals surface area contributed by atoms with Gasteiger partial charge in [-0.1, -0.05) is 0 Å². The van der Waals surface area contributed by atoms with Crippen LogP contribution >= 0.6 is 11.3 Å². The second-order valence-corrected chi connectivity index (χ2v) is 7.80. The van der Waals surface area contributed by atoms with Gasteiger partial charge in [-0.3, -0.25) is 9.69 Å². The Labute approximate surface area is 137 Å². The van der Waals surface area contributed by atoms with Gasteiger partial charge in [-0.25, -0.2) is 0 Å². The third kappa shape index (κ3) is 4.31.